The summed E-state index contributed by atoms with van der Waals surface area (Å²) in [5.74, 6) is -3.63. The zero-order chi connectivity index (χ0) is 24.0. The number of hydrogen-bond donors (Lipinski definition) is 2. The van der Waals surface area contributed by atoms with Gasteiger partial charge in [0, 0.05) is 23.6 Å². The summed E-state index contributed by atoms with van der Waals surface area (Å²) in [7, 11) is 0. The predicted octanol–water partition coefficient (Wildman–Crippen LogP) is 3.67. The third-order valence-electron chi connectivity index (χ3n) is 5.21. The zero-order valence-corrected chi connectivity index (χ0v) is 17.8. The van der Waals surface area contributed by atoms with Crippen LogP contribution in [0, 0.1) is 10.1 Å². The van der Waals surface area contributed by atoms with Gasteiger partial charge in [0.05, 0.1) is 18.0 Å². The number of amides is 1. The molecule has 0 aliphatic heterocycles. The van der Waals surface area contributed by atoms with E-state index in [2.05, 4.69) is 5.32 Å². The van der Waals surface area contributed by atoms with Crippen molar-refractivity contribution in [1.29, 1.82) is 0 Å². The number of fused-ring (bicyclic) bond motifs is 1. The lowest BCUT2D eigenvalue weighted by molar-refractivity contribution is -0.384. The number of esters is 1. The van der Waals surface area contributed by atoms with E-state index in [1.807, 2.05) is 18.2 Å². The third-order valence-corrected chi connectivity index (χ3v) is 5.21. The van der Waals surface area contributed by atoms with Crippen LogP contribution in [0.4, 0.5) is 5.69 Å². The van der Waals surface area contributed by atoms with Gasteiger partial charge in [0.2, 0.25) is 0 Å². The highest BCUT2D eigenvalue weighted by atomic mass is 16.6. The van der Waals surface area contributed by atoms with Gasteiger partial charge < -0.3 is 15.2 Å². The maximum absolute atomic E-state index is 13.1. The van der Waals surface area contributed by atoms with Crippen molar-refractivity contribution in [1.82, 2.24) is 5.32 Å². The molecule has 0 spiro atoms. The lowest BCUT2D eigenvalue weighted by Gasteiger charge is -2.25. The highest BCUT2D eigenvalue weighted by molar-refractivity contribution is 6.08. The Hall–Kier alpha value is -4.27. The molecule has 0 unspecified atom stereocenters. The third kappa shape index (κ3) is 5.51. The van der Waals surface area contributed by atoms with E-state index < -0.39 is 34.7 Å². The molecule has 3 aromatic carbocycles. The number of carboxylic acids is 1. The van der Waals surface area contributed by atoms with Crippen LogP contribution in [-0.2, 0) is 14.3 Å². The second-order valence-electron chi connectivity index (χ2n) is 7.28. The Morgan fingerprint density at radius 3 is 2.33 bits per heavy atom. The fraction of sp³-hybridized carbons (Fsp3) is 0.208. The molecule has 9 nitrogen and oxygen atoms in total. The first-order valence-electron chi connectivity index (χ1n) is 10.2. The van der Waals surface area contributed by atoms with Crippen LogP contribution in [0.2, 0.25) is 0 Å². The molecule has 9 heteroatoms. The Morgan fingerprint density at radius 2 is 1.70 bits per heavy atom. The molecule has 0 saturated carbocycles. The highest BCUT2D eigenvalue weighted by Crippen LogP contribution is 2.28. The molecule has 0 heterocycles. The lowest BCUT2D eigenvalue weighted by atomic mass is 9.88. The number of nitrogens with one attached hydrogen (secondary N) is 1. The van der Waals surface area contributed by atoms with Crippen LogP contribution in [0.5, 0.6) is 0 Å². The topological polar surface area (TPSA) is 136 Å². The van der Waals surface area contributed by atoms with E-state index in [-0.39, 0.29) is 24.3 Å². The number of carbonyl (C=O) groups excluding carboxylic acids is 2. The molecule has 0 aromatic heterocycles. The van der Waals surface area contributed by atoms with E-state index >= 15 is 0 Å². The lowest BCUT2D eigenvalue weighted by Crippen LogP contribution is -2.45. The van der Waals surface area contributed by atoms with Crippen LogP contribution in [0.15, 0.2) is 66.7 Å². The minimum absolute atomic E-state index is 0.103. The molecule has 33 heavy (non-hydrogen) atoms. The predicted molar refractivity (Wildman–Crippen MR) is 120 cm³/mol. The Kier molecular flexibility index (Phi) is 7.34. The largest absolute Gasteiger partial charge is 0.480 e. The van der Waals surface area contributed by atoms with Gasteiger partial charge in [-0.1, -0.05) is 48.5 Å². The van der Waals surface area contributed by atoms with Crippen LogP contribution < -0.4 is 5.32 Å². The van der Waals surface area contributed by atoms with Gasteiger partial charge in [-0.15, -0.1) is 0 Å². The number of carboxylic acid groups (broad SMARTS) is 1. The van der Waals surface area contributed by atoms with Crippen LogP contribution >= 0.6 is 0 Å². The van der Waals surface area contributed by atoms with Crippen molar-refractivity contribution >= 4 is 34.3 Å². The molecule has 170 valence electrons. The van der Waals surface area contributed by atoms with Crippen LogP contribution in [0.3, 0.4) is 0 Å². The van der Waals surface area contributed by atoms with Crippen molar-refractivity contribution in [3.63, 3.8) is 0 Å². The van der Waals surface area contributed by atoms with E-state index in [0.29, 0.717) is 10.9 Å². The molecule has 1 amide bonds. The van der Waals surface area contributed by atoms with Gasteiger partial charge in [-0.05, 0) is 29.3 Å². The van der Waals surface area contributed by atoms with Crippen molar-refractivity contribution in [3.8, 4) is 0 Å². The van der Waals surface area contributed by atoms with Gasteiger partial charge in [-0.2, -0.15) is 0 Å². The van der Waals surface area contributed by atoms with Crippen molar-refractivity contribution < 1.29 is 29.2 Å². The number of benzene rings is 3. The molecule has 0 aliphatic rings. The maximum atomic E-state index is 13.1. The Morgan fingerprint density at radius 1 is 1.03 bits per heavy atom. The molecule has 0 bridgehead atoms. The summed E-state index contributed by atoms with van der Waals surface area (Å²) in [5, 5.41) is 24.9. The number of carbonyl (C=O) groups is 3. The van der Waals surface area contributed by atoms with Gasteiger partial charge in [0.25, 0.3) is 11.6 Å². The van der Waals surface area contributed by atoms with Crippen molar-refractivity contribution in [2.24, 2.45) is 0 Å². The molecule has 0 saturated heterocycles. The van der Waals surface area contributed by atoms with Gasteiger partial charge in [-0.3, -0.25) is 19.7 Å². The van der Waals surface area contributed by atoms with Crippen LogP contribution in [0.25, 0.3) is 10.8 Å². The number of rotatable bonds is 9. The SMILES string of the molecule is CCOC(=O)C[C@H](c1ccc([N+](=O)[O-])cc1)[C@H](NC(=O)c1cccc2ccccc12)C(=O)O. The minimum Gasteiger partial charge on any atom is -0.480 e. The number of ether oxygens (including phenoxy) is 1. The molecule has 0 radical (unpaired) electrons. The number of hydrogen-bond acceptors (Lipinski definition) is 6. The average molecular weight is 450 g/mol. The highest BCUT2D eigenvalue weighted by Gasteiger charge is 2.34. The normalized spacial score (nSPS) is 12.5. The van der Waals surface area contributed by atoms with Gasteiger partial charge in [-0.25, -0.2) is 4.79 Å². The summed E-state index contributed by atoms with van der Waals surface area (Å²) in [4.78, 5) is 47.9. The fourth-order valence-electron chi connectivity index (χ4n) is 3.65. The summed E-state index contributed by atoms with van der Waals surface area (Å²) in [5.41, 5.74) is 0.456. The molecule has 2 N–H and O–H groups in total. The summed E-state index contributed by atoms with van der Waals surface area (Å²) >= 11 is 0. The van der Waals surface area contributed by atoms with E-state index in [1.54, 1.807) is 31.2 Å². The van der Waals surface area contributed by atoms with Gasteiger partial charge >= 0.3 is 11.9 Å². The molecule has 3 rings (SSSR count). The number of nitro groups is 1. The van der Waals surface area contributed by atoms with Gasteiger partial charge in [0.15, 0.2) is 0 Å². The van der Waals surface area contributed by atoms with E-state index in [9.17, 15) is 29.6 Å². The van der Waals surface area contributed by atoms with Crippen LogP contribution in [0.1, 0.15) is 35.2 Å². The first-order chi connectivity index (χ1) is 15.8. The van der Waals surface area contributed by atoms with Crippen LogP contribution in [-0.4, -0.2) is 40.5 Å². The Balaban J connectivity index is 1.97. The van der Waals surface area contributed by atoms with Gasteiger partial charge in [0.1, 0.15) is 6.04 Å². The Labute approximate surface area is 189 Å². The summed E-state index contributed by atoms with van der Waals surface area (Å²) in [6.45, 7) is 1.72. The molecule has 3 aromatic rings. The number of nitro benzene ring substituents is 1. The smallest absolute Gasteiger partial charge is 0.326 e. The number of non-ortho nitro benzene ring substituents is 1. The Bertz CT molecular complexity index is 1190. The fourth-order valence-corrected chi connectivity index (χ4v) is 3.65. The van der Waals surface area contributed by atoms with E-state index in [4.69, 9.17) is 4.74 Å². The number of nitrogens with zero attached hydrogens (tertiary/aromatic N) is 1. The monoisotopic (exact) mass is 450 g/mol. The first-order valence-corrected chi connectivity index (χ1v) is 10.2. The molecule has 0 aliphatic carbocycles. The molecule has 0 fully saturated rings. The number of aliphatic carboxylic acids is 1. The van der Waals surface area contributed by atoms with Crippen molar-refractivity contribution in [2.45, 2.75) is 25.3 Å². The van der Waals surface area contributed by atoms with Crippen molar-refractivity contribution in [2.75, 3.05) is 6.61 Å². The second-order valence-corrected chi connectivity index (χ2v) is 7.28. The summed E-state index contributed by atoms with van der Waals surface area (Å²) in [6.07, 6.45) is -0.335. The second kappa shape index (κ2) is 10.4. The summed E-state index contributed by atoms with van der Waals surface area (Å²) < 4.78 is 4.98. The first kappa shape index (κ1) is 23.4. The minimum atomic E-state index is -1.48. The van der Waals surface area contributed by atoms with E-state index in [1.165, 1.54) is 24.3 Å². The molecular formula is C24H22N2O7. The molecular weight excluding hydrogens is 428 g/mol. The maximum Gasteiger partial charge on any atom is 0.326 e. The standard InChI is InChI=1S/C24H22N2O7/c1-2-33-21(27)14-20(16-10-12-17(13-11-16)26(31)32)22(24(29)30)25-23(28)19-9-5-7-15-6-3-4-8-18(15)19/h3-13,20,22H,2,14H2,1H3,(H,25,28)(H,29,30)/t20-,22+/m1/s1. The zero-order valence-electron chi connectivity index (χ0n) is 17.8. The average Bonchev–Trinajstić information content (AvgIpc) is 2.80. The van der Waals surface area contributed by atoms with Crippen molar-refractivity contribution in [3.05, 3.63) is 88.0 Å². The van der Waals surface area contributed by atoms with E-state index in [0.717, 1.165) is 5.39 Å². The molecule has 2 atom stereocenters. The quantitative estimate of drug-likeness (QED) is 0.288. The summed E-state index contributed by atoms with van der Waals surface area (Å²) in [6, 6.07) is 16.0.